The molecule has 1 aromatic rings. The molecule has 3 rings (SSSR count). The van der Waals surface area contributed by atoms with Crippen LogP contribution in [-0.4, -0.2) is 43.3 Å². The Hall–Kier alpha value is -1.55. The average Bonchev–Trinajstić information content (AvgIpc) is 3.35. The maximum Gasteiger partial charge on any atom is 0.317 e. The van der Waals surface area contributed by atoms with E-state index >= 15 is 0 Å². The first-order valence-corrected chi connectivity index (χ1v) is 7.93. The third-order valence-electron chi connectivity index (χ3n) is 4.70. The van der Waals surface area contributed by atoms with E-state index in [1.807, 2.05) is 11.0 Å². The van der Waals surface area contributed by atoms with Crippen LogP contribution in [0.4, 0.5) is 4.79 Å². The minimum absolute atomic E-state index is 0.0546. The number of morpholine rings is 1. The molecule has 4 heteroatoms. The summed E-state index contributed by atoms with van der Waals surface area (Å²) in [5.41, 5.74) is 1.52. The van der Waals surface area contributed by atoms with Crippen molar-refractivity contribution >= 4 is 6.03 Å². The third-order valence-corrected chi connectivity index (χ3v) is 4.70. The number of nitrogens with one attached hydrogen (secondary N) is 1. The molecule has 0 aromatic heterocycles. The summed E-state index contributed by atoms with van der Waals surface area (Å²) >= 11 is 0. The van der Waals surface area contributed by atoms with E-state index in [1.54, 1.807) is 0 Å². The Labute approximate surface area is 126 Å². The van der Waals surface area contributed by atoms with E-state index in [0.717, 1.165) is 25.8 Å². The molecule has 1 unspecified atom stereocenters. The number of hydrogen-bond acceptors (Lipinski definition) is 2. The van der Waals surface area contributed by atoms with Gasteiger partial charge < -0.3 is 15.0 Å². The van der Waals surface area contributed by atoms with Gasteiger partial charge in [-0.25, -0.2) is 4.79 Å². The quantitative estimate of drug-likeness (QED) is 0.925. The molecule has 1 saturated carbocycles. The number of urea groups is 1. The summed E-state index contributed by atoms with van der Waals surface area (Å²) < 4.78 is 5.61. The molecule has 4 nitrogen and oxygen atoms in total. The Kier molecular flexibility index (Phi) is 4.15. The van der Waals surface area contributed by atoms with Crippen LogP contribution in [0.5, 0.6) is 0 Å². The lowest BCUT2D eigenvalue weighted by Crippen LogP contribution is -2.50. The first-order valence-electron chi connectivity index (χ1n) is 7.93. The SMILES string of the molecule is CCC1CN(C(=O)NCC2(c3ccccc3)CC2)CCO1. The first kappa shape index (κ1) is 14.4. The molecule has 2 amide bonds. The summed E-state index contributed by atoms with van der Waals surface area (Å²) in [6.45, 7) is 4.89. The highest BCUT2D eigenvalue weighted by Crippen LogP contribution is 2.47. The molecule has 21 heavy (non-hydrogen) atoms. The Morgan fingerprint density at radius 2 is 2.14 bits per heavy atom. The van der Waals surface area contributed by atoms with Crippen LogP contribution in [0, 0.1) is 0 Å². The molecular formula is C17H24N2O2. The van der Waals surface area contributed by atoms with Crippen molar-refractivity contribution in [2.45, 2.75) is 37.7 Å². The van der Waals surface area contributed by atoms with Crippen molar-refractivity contribution in [1.82, 2.24) is 10.2 Å². The van der Waals surface area contributed by atoms with E-state index in [-0.39, 0.29) is 17.6 Å². The fourth-order valence-electron chi connectivity index (χ4n) is 3.02. The molecule has 2 fully saturated rings. The lowest BCUT2D eigenvalue weighted by molar-refractivity contribution is -0.0154. The molecule has 1 heterocycles. The van der Waals surface area contributed by atoms with Crippen LogP contribution in [0.3, 0.4) is 0 Å². The fraction of sp³-hybridized carbons (Fsp3) is 0.588. The molecule has 1 aromatic carbocycles. The average molecular weight is 288 g/mol. The van der Waals surface area contributed by atoms with Gasteiger partial charge in [-0.15, -0.1) is 0 Å². The van der Waals surface area contributed by atoms with Gasteiger partial charge in [0.1, 0.15) is 0 Å². The molecule has 0 spiro atoms. The lowest BCUT2D eigenvalue weighted by Gasteiger charge is -2.33. The lowest BCUT2D eigenvalue weighted by atomic mass is 9.96. The molecule has 1 N–H and O–H groups in total. The van der Waals surface area contributed by atoms with Crippen LogP contribution in [-0.2, 0) is 10.2 Å². The number of carbonyl (C=O) groups excluding carboxylic acids is 1. The second-order valence-corrected chi connectivity index (χ2v) is 6.15. The zero-order chi connectivity index (χ0) is 14.7. The van der Waals surface area contributed by atoms with Gasteiger partial charge >= 0.3 is 6.03 Å². The van der Waals surface area contributed by atoms with Crippen LogP contribution in [0.2, 0.25) is 0 Å². The van der Waals surface area contributed by atoms with Crippen LogP contribution in [0.15, 0.2) is 30.3 Å². The number of hydrogen-bond donors (Lipinski definition) is 1. The van der Waals surface area contributed by atoms with Crippen LogP contribution >= 0.6 is 0 Å². The maximum atomic E-state index is 12.3. The van der Waals surface area contributed by atoms with Crippen molar-refractivity contribution in [1.29, 1.82) is 0 Å². The zero-order valence-electron chi connectivity index (χ0n) is 12.7. The molecule has 1 aliphatic carbocycles. The van der Waals surface area contributed by atoms with Gasteiger partial charge in [0.15, 0.2) is 0 Å². The predicted molar refractivity (Wildman–Crippen MR) is 82.4 cm³/mol. The van der Waals surface area contributed by atoms with Crippen molar-refractivity contribution in [3.8, 4) is 0 Å². The van der Waals surface area contributed by atoms with Gasteiger partial charge in [0.25, 0.3) is 0 Å². The van der Waals surface area contributed by atoms with Crippen molar-refractivity contribution in [3.05, 3.63) is 35.9 Å². The molecule has 1 atom stereocenters. The van der Waals surface area contributed by atoms with Gasteiger partial charge in [-0.05, 0) is 24.8 Å². The van der Waals surface area contributed by atoms with Gasteiger partial charge in [0.05, 0.1) is 12.7 Å². The Morgan fingerprint density at radius 1 is 1.38 bits per heavy atom. The molecular weight excluding hydrogens is 264 g/mol. The van der Waals surface area contributed by atoms with E-state index in [1.165, 1.54) is 5.56 Å². The minimum atomic E-state index is 0.0546. The van der Waals surface area contributed by atoms with Crippen molar-refractivity contribution < 1.29 is 9.53 Å². The Morgan fingerprint density at radius 3 is 2.81 bits per heavy atom. The van der Waals surface area contributed by atoms with E-state index in [2.05, 4.69) is 36.5 Å². The highest BCUT2D eigenvalue weighted by Gasteiger charge is 2.44. The maximum absolute atomic E-state index is 12.3. The smallest absolute Gasteiger partial charge is 0.317 e. The van der Waals surface area contributed by atoms with Gasteiger partial charge in [-0.2, -0.15) is 0 Å². The van der Waals surface area contributed by atoms with E-state index < -0.39 is 0 Å². The monoisotopic (exact) mass is 288 g/mol. The number of benzene rings is 1. The summed E-state index contributed by atoms with van der Waals surface area (Å²) in [5.74, 6) is 0. The van der Waals surface area contributed by atoms with Crippen molar-refractivity contribution in [2.75, 3.05) is 26.2 Å². The molecule has 114 valence electrons. The second kappa shape index (κ2) is 6.06. The standard InChI is InChI=1S/C17H24N2O2/c1-2-15-12-19(10-11-21-15)16(20)18-13-17(8-9-17)14-6-4-3-5-7-14/h3-7,15H,2,8-13H2,1H3,(H,18,20). The fourth-order valence-corrected chi connectivity index (χ4v) is 3.02. The minimum Gasteiger partial charge on any atom is -0.375 e. The third kappa shape index (κ3) is 3.21. The molecule has 1 aliphatic heterocycles. The van der Waals surface area contributed by atoms with E-state index in [9.17, 15) is 4.79 Å². The number of amides is 2. The number of rotatable bonds is 4. The van der Waals surface area contributed by atoms with Gasteiger partial charge in [-0.3, -0.25) is 0 Å². The number of ether oxygens (including phenoxy) is 1. The van der Waals surface area contributed by atoms with Crippen LogP contribution < -0.4 is 5.32 Å². The highest BCUT2D eigenvalue weighted by atomic mass is 16.5. The summed E-state index contributed by atoms with van der Waals surface area (Å²) in [6, 6.07) is 10.6. The van der Waals surface area contributed by atoms with Crippen molar-refractivity contribution in [2.24, 2.45) is 0 Å². The predicted octanol–water partition coefficient (Wildman–Crippen LogP) is 2.54. The van der Waals surface area contributed by atoms with Gasteiger partial charge in [-0.1, -0.05) is 37.3 Å². The summed E-state index contributed by atoms with van der Waals surface area (Å²) in [5, 5.41) is 3.13. The number of nitrogens with zero attached hydrogens (tertiary/aromatic N) is 1. The summed E-state index contributed by atoms with van der Waals surface area (Å²) in [4.78, 5) is 14.2. The van der Waals surface area contributed by atoms with E-state index in [0.29, 0.717) is 19.7 Å². The van der Waals surface area contributed by atoms with Gasteiger partial charge in [0, 0.05) is 25.0 Å². The number of carbonyl (C=O) groups is 1. The van der Waals surface area contributed by atoms with Gasteiger partial charge in [0.2, 0.25) is 0 Å². The molecule has 1 saturated heterocycles. The first-order chi connectivity index (χ1) is 10.2. The van der Waals surface area contributed by atoms with E-state index in [4.69, 9.17) is 4.74 Å². The molecule has 0 bridgehead atoms. The Balaban J connectivity index is 1.54. The second-order valence-electron chi connectivity index (χ2n) is 6.15. The summed E-state index contributed by atoms with van der Waals surface area (Å²) in [7, 11) is 0. The highest BCUT2D eigenvalue weighted by molar-refractivity contribution is 5.74. The topological polar surface area (TPSA) is 41.6 Å². The van der Waals surface area contributed by atoms with Crippen molar-refractivity contribution in [3.63, 3.8) is 0 Å². The largest absolute Gasteiger partial charge is 0.375 e. The van der Waals surface area contributed by atoms with Crippen LogP contribution in [0.25, 0.3) is 0 Å². The molecule has 2 aliphatic rings. The summed E-state index contributed by atoms with van der Waals surface area (Å²) in [6.07, 6.45) is 3.47. The zero-order valence-corrected chi connectivity index (χ0v) is 12.7. The molecule has 0 radical (unpaired) electrons. The normalized spacial score (nSPS) is 23.7. The van der Waals surface area contributed by atoms with Crippen LogP contribution in [0.1, 0.15) is 31.7 Å². The Bertz CT molecular complexity index is 485.